The van der Waals surface area contributed by atoms with E-state index in [2.05, 4.69) is 4.72 Å². The lowest BCUT2D eigenvalue weighted by atomic mass is 10.1. The zero-order valence-electron chi connectivity index (χ0n) is 10.1. The highest BCUT2D eigenvalue weighted by Crippen LogP contribution is 2.19. The maximum absolute atomic E-state index is 12.0. The van der Waals surface area contributed by atoms with Crippen molar-refractivity contribution in [2.45, 2.75) is 52.1 Å². The second-order valence-electron chi connectivity index (χ2n) is 4.41. The molecule has 94 valence electrons. The molecule has 0 radical (unpaired) electrons. The van der Waals surface area contributed by atoms with E-state index >= 15 is 0 Å². The molecule has 1 saturated heterocycles. The van der Waals surface area contributed by atoms with Crippen molar-refractivity contribution in [2.24, 2.45) is 0 Å². The van der Waals surface area contributed by atoms with Crippen LogP contribution in [-0.4, -0.2) is 37.1 Å². The maximum atomic E-state index is 12.0. The van der Waals surface area contributed by atoms with Crippen LogP contribution in [0.5, 0.6) is 0 Å². The normalized spacial score (nSPS) is 25.3. The van der Waals surface area contributed by atoms with Gasteiger partial charge in [0.05, 0.1) is 6.04 Å². The summed E-state index contributed by atoms with van der Waals surface area (Å²) in [5, 5.41) is 0. The lowest BCUT2D eigenvalue weighted by Crippen LogP contribution is -2.51. The zero-order chi connectivity index (χ0) is 12.3. The molecule has 16 heavy (non-hydrogen) atoms. The number of hydrogen-bond acceptors (Lipinski definition) is 3. The van der Waals surface area contributed by atoms with Gasteiger partial charge in [0, 0.05) is 12.6 Å². The molecule has 0 aromatic carbocycles. The Morgan fingerprint density at radius 3 is 2.56 bits per heavy atom. The summed E-state index contributed by atoms with van der Waals surface area (Å²) < 4.78 is 27.8. The van der Waals surface area contributed by atoms with Crippen molar-refractivity contribution in [1.29, 1.82) is 0 Å². The minimum atomic E-state index is -3.51. The zero-order valence-corrected chi connectivity index (χ0v) is 10.9. The second kappa shape index (κ2) is 5.25. The van der Waals surface area contributed by atoms with Crippen LogP contribution < -0.4 is 4.72 Å². The Morgan fingerprint density at radius 1 is 1.44 bits per heavy atom. The Kier molecular flexibility index (Phi) is 4.46. The third-order valence-electron chi connectivity index (χ3n) is 2.99. The van der Waals surface area contributed by atoms with Crippen molar-refractivity contribution >= 4 is 16.0 Å². The summed E-state index contributed by atoms with van der Waals surface area (Å²) >= 11 is 0. The minimum absolute atomic E-state index is 0.0189. The molecule has 1 fully saturated rings. The highest BCUT2D eigenvalue weighted by Gasteiger charge is 2.30. The number of ketones is 1. The first-order chi connectivity index (χ1) is 7.34. The monoisotopic (exact) mass is 248 g/mol. The molecule has 1 N–H and O–H groups in total. The topological polar surface area (TPSA) is 66.5 Å². The molecule has 2 atom stereocenters. The van der Waals surface area contributed by atoms with Crippen LogP contribution in [-0.2, 0) is 15.0 Å². The molecule has 1 heterocycles. The fourth-order valence-electron chi connectivity index (χ4n) is 1.80. The number of hydrogen-bond donors (Lipinski definition) is 1. The van der Waals surface area contributed by atoms with Gasteiger partial charge in [-0.15, -0.1) is 0 Å². The van der Waals surface area contributed by atoms with E-state index in [-0.39, 0.29) is 11.8 Å². The number of nitrogens with one attached hydrogen (secondary N) is 1. The summed E-state index contributed by atoms with van der Waals surface area (Å²) in [5.74, 6) is -0.173. The van der Waals surface area contributed by atoms with Gasteiger partial charge in [-0.3, -0.25) is 4.79 Å². The lowest BCUT2D eigenvalue weighted by Gasteiger charge is -2.32. The lowest BCUT2D eigenvalue weighted by molar-refractivity contribution is -0.118. The highest BCUT2D eigenvalue weighted by atomic mass is 32.2. The number of piperidine rings is 1. The molecule has 5 nitrogen and oxygen atoms in total. The van der Waals surface area contributed by atoms with Gasteiger partial charge in [0.25, 0.3) is 10.2 Å². The predicted molar refractivity (Wildman–Crippen MR) is 62.2 cm³/mol. The van der Waals surface area contributed by atoms with Gasteiger partial charge in [0.2, 0.25) is 0 Å². The van der Waals surface area contributed by atoms with E-state index in [4.69, 9.17) is 0 Å². The smallest absolute Gasteiger partial charge is 0.280 e. The number of carbonyl (C=O) groups is 1. The van der Waals surface area contributed by atoms with Crippen molar-refractivity contribution < 1.29 is 13.2 Å². The summed E-state index contributed by atoms with van der Waals surface area (Å²) in [6.07, 6.45) is 2.84. The molecule has 1 aliphatic rings. The van der Waals surface area contributed by atoms with Gasteiger partial charge in [0.15, 0.2) is 0 Å². The largest absolute Gasteiger partial charge is 0.298 e. The predicted octanol–water partition coefficient (Wildman–Crippen LogP) is 0.673. The molecular weight excluding hydrogens is 228 g/mol. The molecule has 0 saturated carbocycles. The van der Waals surface area contributed by atoms with E-state index in [1.54, 1.807) is 6.92 Å². The van der Waals surface area contributed by atoms with E-state index in [0.717, 1.165) is 19.3 Å². The molecule has 0 spiro atoms. The van der Waals surface area contributed by atoms with Gasteiger partial charge in [-0.05, 0) is 33.6 Å². The van der Waals surface area contributed by atoms with Crippen molar-refractivity contribution in [3.8, 4) is 0 Å². The highest BCUT2D eigenvalue weighted by molar-refractivity contribution is 7.87. The molecule has 6 heteroatoms. The minimum Gasteiger partial charge on any atom is -0.298 e. The number of nitrogens with zero attached hydrogens (tertiary/aromatic N) is 1. The second-order valence-corrected chi connectivity index (χ2v) is 6.07. The van der Waals surface area contributed by atoms with Crippen LogP contribution in [0.1, 0.15) is 40.0 Å². The van der Waals surface area contributed by atoms with Crippen LogP contribution in [0.2, 0.25) is 0 Å². The van der Waals surface area contributed by atoms with Gasteiger partial charge in [-0.2, -0.15) is 17.4 Å². The van der Waals surface area contributed by atoms with Crippen molar-refractivity contribution in [2.75, 3.05) is 6.54 Å². The van der Waals surface area contributed by atoms with Crippen molar-refractivity contribution in [3.05, 3.63) is 0 Å². The first kappa shape index (κ1) is 13.6. The Bertz CT molecular complexity index is 353. The molecule has 0 amide bonds. The molecule has 2 unspecified atom stereocenters. The summed E-state index contributed by atoms with van der Waals surface area (Å²) in [5.41, 5.74) is 0. The third-order valence-corrected chi connectivity index (χ3v) is 4.80. The van der Waals surface area contributed by atoms with Crippen LogP contribution in [0, 0.1) is 0 Å². The maximum Gasteiger partial charge on any atom is 0.280 e. The van der Waals surface area contributed by atoms with E-state index in [1.165, 1.54) is 11.2 Å². The van der Waals surface area contributed by atoms with Gasteiger partial charge >= 0.3 is 0 Å². The van der Waals surface area contributed by atoms with Crippen LogP contribution in [0.4, 0.5) is 0 Å². The average molecular weight is 248 g/mol. The molecule has 0 bridgehead atoms. The van der Waals surface area contributed by atoms with E-state index in [0.29, 0.717) is 6.54 Å². The Hall–Kier alpha value is -0.460. The average Bonchev–Trinajstić information content (AvgIpc) is 2.17. The number of carbonyl (C=O) groups excluding carboxylic acids is 1. The van der Waals surface area contributed by atoms with Gasteiger partial charge in [-0.25, -0.2) is 0 Å². The first-order valence-corrected chi connectivity index (χ1v) is 7.08. The van der Waals surface area contributed by atoms with E-state index < -0.39 is 16.3 Å². The molecule has 1 aliphatic heterocycles. The fraction of sp³-hybridized carbons (Fsp3) is 0.900. The summed E-state index contributed by atoms with van der Waals surface area (Å²) in [6, 6.07) is -0.635. The molecule has 0 aromatic rings. The van der Waals surface area contributed by atoms with Gasteiger partial charge in [0.1, 0.15) is 5.78 Å². The Balaban J connectivity index is 2.72. The van der Waals surface area contributed by atoms with Gasteiger partial charge < -0.3 is 0 Å². The number of rotatable bonds is 4. The summed E-state index contributed by atoms with van der Waals surface area (Å²) in [7, 11) is -3.51. The molecule has 0 aliphatic carbocycles. The van der Waals surface area contributed by atoms with Crippen molar-refractivity contribution in [1.82, 2.24) is 9.03 Å². The van der Waals surface area contributed by atoms with E-state index in [9.17, 15) is 13.2 Å². The van der Waals surface area contributed by atoms with Gasteiger partial charge in [-0.1, -0.05) is 6.42 Å². The van der Waals surface area contributed by atoms with Crippen LogP contribution in [0.3, 0.4) is 0 Å². The summed E-state index contributed by atoms with van der Waals surface area (Å²) in [4.78, 5) is 11.0. The third kappa shape index (κ3) is 3.26. The van der Waals surface area contributed by atoms with E-state index in [1.807, 2.05) is 6.92 Å². The quantitative estimate of drug-likeness (QED) is 0.795. The SMILES string of the molecule is CC(=O)C(C)NS(=O)(=O)N1CCCCC1C. The summed E-state index contributed by atoms with van der Waals surface area (Å²) in [6.45, 7) is 5.39. The van der Waals surface area contributed by atoms with Crippen molar-refractivity contribution in [3.63, 3.8) is 0 Å². The fourth-order valence-corrected chi connectivity index (χ4v) is 3.50. The molecule has 0 aromatic heterocycles. The van der Waals surface area contributed by atoms with Crippen LogP contribution >= 0.6 is 0 Å². The number of Topliss-reactive ketones (excluding diaryl/α,β-unsaturated/α-hetero) is 1. The first-order valence-electron chi connectivity index (χ1n) is 5.64. The van der Waals surface area contributed by atoms with Crippen LogP contribution in [0.15, 0.2) is 0 Å². The standard InChI is InChI=1S/C10H20N2O3S/c1-8-6-4-5-7-12(8)16(14,15)11-9(2)10(3)13/h8-9,11H,4-7H2,1-3H3. The van der Waals surface area contributed by atoms with Crippen LogP contribution in [0.25, 0.3) is 0 Å². The molecule has 1 rings (SSSR count). The Labute approximate surface area is 97.4 Å². The molecular formula is C10H20N2O3S. The Morgan fingerprint density at radius 2 is 2.06 bits per heavy atom.